The third-order valence-corrected chi connectivity index (χ3v) is 1.00. The van der Waals surface area contributed by atoms with E-state index in [1.807, 2.05) is 0 Å². The molecule has 0 aliphatic carbocycles. The number of rotatable bonds is 1. The molecule has 4 nitrogen and oxygen atoms in total. The maximum atomic E-state index is 10.2. The zero-order valence-corrected chi connectivity index (χ0v) is 5.40. The summed E-state index contributed by atoms with van der Waals surface area (Å²) in [5.41, 5.74) is 0.690. The molecule has 0 aliphatic rings. The van der Waals surface area contributed by atoms with E-state index in [4.69, 9.17) is 5.11 Å². The fourth-order valence-electron chi connectivity index (χ4n) is 0.503. The standard InChI is InChI=1S/C6H6N2O2.K.H/c1-4-2-8-5(3-7-4)6(9)10;;/h2-3H,1H3,(H,9,10);;. The average Bonchev–Trinajstić information content (AvgIpc) is 1.88. The van der Waals surface area contributed by atoms with Gasteiger partial charge in [0.1, 0.15) is 0 Å². The van der Waals surface area contributed by atoms with Crippen LogP contribution in [0, 0.1) is 6.92 Å². The van der Waals surface area contributed by atoms with Crippen LogP contribution in [-0.2, 0) is 0 Å². The molecular formula is C6H7KN2O2. The van der Waals surface area contributed by atoms with E-state index in [1.54, 1.807) is 6.92 Å². The second-order valence-corrected chi connectivity index (χ2v) is 1.85. The van der Waals surface area contributed by atoms with Gasteiger partial charge in [0.05, 0.1) is 11.9 Å². The molecule has 0 unspecified atom stereocenters. The first kappa shape index (κ1) is 11.2. The first-order chi connectivity index (χ1) is 4.70. The summed E-state index contributed by atoms with van der Waals surface area (Å²) in [6, 6.07) is 0. The fourth-order valence-corrected chi connectivity index (χ4v) is 0.503. The molecule has 0 bridgehead atoms. The molecule has 0 fully saturated rings. The summed E-state index contributed by atoms with van der Waals surface area (Å²) < 4.78 is 0. The van der Waals surface area contributed by atoms with Crippen LogP contribution in [0.4, 0.5) is 0 Å². The Morgan fingerprint density at radius 3 is 2.45 bits per heavy atom. The van der Waals surface area contributed by atoms with Crippen LogP contribution in [0.2, 0.25) is 0 Å². The summed E-state index contributed by atoms with van der Waals surface area (Å²) in [6.07, 6.45) is 2.65. The molecule has 11 heavy (non-hydrogen) atoms. The Bertz CT molecular complexity index is 247. The van der Waals surface area contributed by atoms with Gasteiger partial charge in [0, 0.05) is 6.20 Å². The van der Waals surface area contributed by atoms with Crippen molar-refractivity contribution in [1.82, 2.24) is 9.97 Å². The second-order valence-electron chi connectivity index (χ2n) is 1.85. The topological polar surface area (TPSA) is 63.1 Å². The Morgan fingerprint density at radius 2 is 2.09 bits per heavy atom. The third-order valence-electron chi connectivity index (χ3n) is 1.00. The monoisotopic (exact) mass is 178 g/mol. The Balaban J connectivity index is 0.000001000. The molecule has 0 aromatic carbocycles. The average molecular weight is 178 g/mol. The zero-order chi connectivity index (χ0) is 7.56. The van der Waals surface area contributed by atoms with E-state index in [2.05, 4.69) is 9.97 Å². The molecule has 0 atom stereocenters. The van der Waals surface area contributed by atoms with Crippen molar-refractivity contribution < 1.29 is 9.90 Å². The van der Waals surface area contributed by atoms with Crippen LogP contribution in [-0.4, -0.2) is 72.4 Å². The second kappa shape index (κ2) is 4.94. The van der Waals surface area contributed by atoms with E-state index in [0.717, 1.165) is 0 Å². The van der Waals surface area contributed by atoms with Crippen LogP contribution >= 0.6 is 0 Å². The zero-order valence-electron chi connectivity index (χ0n) is 5.40. The van der Waals surface area contributed by atoms with Gasteiger partial charge in [-0.25, -0.2) is 9.78 Å². The van der Waals surface area contributed by atoms with E-state index in [-0.39, 0.29) is 57.1 Å². The summed E-state index contributed by atoms with van der Waals surface area (Å²) in [7, 11) is 0. The van der Waals surface area contributed by atoms with Gasteiger partial charge in [0.15, 0.2) is 5.69 Å². The summed E-state index contributed by atoms with van der Waals surface area (Å²) in [5.74, 6) is -1.05. The van der Waals surface area contributed by atoms with Crippen molar-refractivity contribution in [3.05, 3.63) is 23.8 Å². The normalized spacial score (nSPS) is 8.45. The molecule has 0 saturated heterocycles. The number of aryl methyl sites for hydroxylation is 1. The van der Waals surface area contributed by atoms with Crippen molar-refractivity contribution in [1.29, 1.82) is 0 Å². The molecule has 1 aromatic rings. The van der Waals surface area contributed by atoms with E-state index < -0.39 is 5.97 Å². The fraction of sp³-hybridized carbons (Fsp3) is 0.167. The van der Waals surface area contributed by atoms with Crippen molar-refractivity contribution in [2.75, 3.05) is 0 Å². The van der Waals surface area contributed by atoms with Gasteiger partial charge >= 0.3 is 57.4 Å². The predicted molar refractivity (Wildman–Crippen MR) is 40.9 cm³/mol. The van der Waals surface area contributed by atoms with Gasteiger partial charge in [-0.1, -0.05) is 0 Å². The van der Waals surface area contributed by atoms with Crippen LogP contribution in [0.15, 0.2) is 12.4 Å². The number of hydrogen-bond acceptors (Lipinski definition) is 3. The molecular weight excluding hydrogens is 171 g/mol. The minimum atomic E-state index is -1.05. The van der Waals surface area contributed by atoms with E-state index in [0.29, 0.717) is 5.69 Å². The number of carboxylic acids is 1. The Labute approximate surface area is 106 Å². The van der Waals surface area contributed by atoms with E-state index >= 15 is 0 Å². The molecule has 1 heterocycles. The Hall–Kier alpha value is 0.186. The van der Waals surface area contributed by atoms with Crippen molar-refractivity contribution in [2.24, 2.45) is 0 Å². The van der Waals surface area contributed by atoms with Gasteiger partial charge in [-0.3, -0.25) is 4.98 Å². The van der Waals surface area contributed by atoms with Crippen LogP contribution in [0.25, 0.3) is 0 Å². The Morgan fingerprint density at radius 1 is 1.45 bits per heavy atom. The number of aromatic nitrogens is 2. The molecule has 0 saturated carbocycles. The molecule has 1 rings (SSSR count). The molecule has 0 spiro atoms. The molecule has 5 heteroatoms. The molecule has 0 aliphatic heterocycles. The third kappa shape index (κ3) is 3.39. The summed E-state index contributed by atoms with van der Waals surface area (Å²) in [4.78, 5) is 17.6. The van der Waals surface area contributed by atoms with Crippen LogP contribution in [0.5, 0.6) is 0 Å². The SMILES string of the molecule is Cc1cnc(C(=O)O)cn1.[KH]. The van der Waals surface area contributed by atoms with Gasteiger partial charge in [0.2, 0.25) is 0 Å². The van der Waals surface area contributed by atoms with Gasteiger partial charge in [-0.2, -0.15) is 0 Å². The molecule has 0 amide bonds. The molecule has 1 aromatic heterocycles. The number of carbonyl (C=O) groups is 1. The molecule has 1 N–H and O–H groups in total. The first-order valence-electron chi connectivity index (χ1n) is 2.72. The summed E-state index contributed by atoms with van der Waals surface area (Å²) in [5, 5.41) is 8.37. The number of aromatic carboxylic acids is 1. The van der Waals surface area contributed by atoms with Crippen molar-refractivity contribution in [3.8, 4) is 0 Å². The first-order valence-corrected chi connectivity index (χ1v) is 2.72. The van der Waals surface area contributed by atoms with Crippen LogP contribution in [0.1, 0.15) is 16.2 Å². The molecule has 0 radical (unpaired) electrons. The van der Waals surface area contributed by atoms with Gasteiger partial charge in [-0.15, -0.1) is 0 Å². The van der Waals surface area contributed by atoms with Crippen molar-refractivity contribution >= 4 is 57.4 Å². The summed E-state index contributed by atoms with van der Waals surface area (Å²) in [6.45, 7) is 1.75. The Kier molecular flexibility index (Phi) is 5.03. The quantitative estimate of drug-likeness (QED) is 0.607. The van der Waals surface area contributed by atoms with E-state index in [1.165, 1.54) is 12.4 Å². The number of nitrogens with zero attached hydrogens (tertiary/aromatic N) is 2. The minimum absolute atomic E-state index is 0. The van der Waals surface area contributed by atoms with Crippen molar-refractivity contribution in [3.63, 3.8) is 0 Å². The predicted octanol–water partition coefficient (Wildman–Crippen LogP) is -0.165. The van der Waals surface area contributed by atoms with Gasteiger partial charge < -0.3 is 5.11 Å². The van der Waals surface area contributed by atoms with E-state index in [9.17, 15) is 4.79 Å². The number of hydrogen-bond donors (Lipinski definition) is 1. The van der Waals surface area contributed by atoms with Gasteiger partial charge in [0.25, 0.3) is 0 Å². The van der Waals surface area contributed by atoms with Crippen LogP contribution in [0.3, 0.4) is 0 Å². The van der Waals surface area contributed by atoms with Crippen molar-refractivity contribution in [2.45, 2.75) is 6.92 Å². The van der Waals surface area contributed by atoms with Gasteiger partial charge in [-0.05, 0) is 6.92 Å². The molecule has 54 valence electrons. The van der Waals surface area contributed by atoms with Crippen LogP contribution < -0.4 is 0 Å². The maximum absolute atomic E-state index is 10.2. The number of carboxylic acid groups (broad SMARTS) is 1. The summed E-state index contributed by atoms with van der Waals surface area (Å²) >= 11 is 0.